The highest BCUT2D eigenvalue weighted by Crippen LogP contribution is 2.15. The van der Waals surface area contributed by atoms with Gasteiger partial charge in [0.1, 0.15) is 5.75 Å². The minimum atomic E-state index is -0.995. The van der Waals surface area contributed by atoms with Crippen LogP contribution in [0.4, 0.5) is 9.59 Å². The highest BCUT2D eigenvalue weighted by Gasteiger charge is 2.01. The molecule has 0 unspecified atom stereocenters. The van der Waals surface area contributed by atoms with Gasteiger partial charge in [-0.25, -0.2) is 9.59 Å². The Balaban J connectivity index is 0.000000494. The number of carbonyl (C=O) groups excluding carboxylic acids is 1. The van der Waals surface area contributed by atoms with E-state index >= 15 is 0 Å². The molecule has 0 saturated heterocycles. The van der Waals surface area contributed by atoms with Crippen molar-refractivity contribution >= 4 is 12.2 Å². The molecule has 0 saturated carbocycles. The van der Waals surface area contributed by atoms with Crippen molar-refractivity contribution in [1.29, 1.82) is 0 Å². The molecule has 0 heterocycles. The number of benzene rings is 1. The summed E-state index contributed by atoms with van der Waals surface area (Å²) in [5.74, 6) is 0.580. The van der Waals surface area contributed by atoms with E-state index in [4.69, 9.17) is 9.84 Å². The first-order chi connectivity index (χ1) is 8.38. The van der Waals surface area contributed by atoms with Gasteiger partial charge in [-0.05, 0) is 37.1 Å². The molecular weight excluding hydrogens is 236 g/mol. The van der Waals surface area contributed by atoms with Gasteiger partial charge in [0.05, 0.1) is 0 Å². The van der Waals surface area contributed by atoms with Crippen molar-refractivity contribution in [2.24, 2.45) is 0 Å². The number of ether oxygens (including phenoxy) is 1. The molecule has 0 atom stereocenters. The maximum atomic E-state index is 10.9. The standard InChI is InChI=1S/C10H13NO2.C2H5NO2/c1-7-4-8(2)6-9(5-7)13-10(12)11-3;1-3-2(4)5/h4-6H,1-3H3,(H,11,12);3H,1H3,(H,4,5). The third-order valence-electron chi connectivity index (χ3n) is 1.82. The molecule has 0 aliphatic rings. The van der Waals surface area contributed by atoms with Gasteiger partial charge in [0, 0.05) is 14.1 Å². The third kappa shape index (κ3) is 7.10. The van der Waals surface area contributed by atoms with Crippen molar-refractivity contribution < 1.29 is 19.4 Å². The number of nitrogens with one attached hydrogen (secondary N) is 2. The Morgan fingerprint density at radius 1 is 1.06 bits per heavy atom. The van der Waals surface area contributed by atoms with Gasteiger partial charge in [0.15, 0.2) is 0 Å². The quantitative estimate of drug-likeness (QED) is 0.714. The smallest absolute Gasteiger partial charge is 0.412 e. The van der Waals surface area contributed by atoms with E-state index in [0.29, 0.717) is 5.75 Å². The lowest BCUT2D eigenvalue weighted by atomic mass is 10.1. The van der Waals surface area contributed by atoms with Crippen LogP contribution in [0, 0.1) is 13.8 Å². The highest BCUT2D eigenvalue weighted by atomic mass is 16.5. The van der Waals surface area contributed by atoms with E-state index in [9.17, 15) is 9.59 Å². The topological polar surface area (TPSA) is 87.7 Å². The molecule has 0 aliphatic heterocycles. The van der Waals surface area contributed by atoms with Gasteiger partial charge in [-0.2, -0.15) is 0 Å². The van der Waals surface area contributed by atoms with Crippen LogP contribution in [0.1, 0.15) is 11.1 Å². The van der Waals surface area contributed by atoms with Gasteiger partial charge in [-0.15, -0.1) is 0 Å². The lowest BCUT2D eigenvalue weighted by Crippen LogP contribution is -2.22. The fourth-order valence-electron chi connectivity index (χ4n) is 1.15. The molecule has 18 heavy (non-hydrogen) atoms. The van der Waals surface area contributed by atoms with Crippen LogP contribution in [0.3, 0.4) is 0 Å². The summed E-state index contributed by atoms with van der Waals surface area (Å²) < 4.78 is 4.98. The van der Waals surface area contributed by atoms with Crippen LogP contribution in [0.2, 0.25) is 0 Å². The predicted molar refractivity (Wildman–Crippen MR) is 68.1 cm³/mol. The molecule has 100 valence electrons. The molecule has 1 aromatic rings. The molecule has 0 aromatic heterocycles. The molecule has 0 aliphatic carbocycles. The molecule has 1 aromatic carbocycles. The first-order valence-corrected chi connectivity index (χ1v) is 5.27. The van der Waals surface area contributed by atoms with Crippen LogP contribution in [0.15, 0.2) is 18.2 Å². The van der Waals surface area contributed by atoms with E-state index in [-0.39, 0.29) is 0 Å². The summed E-state index contributed by atoms with van der Waals surface area (Å²) in [6, 6.07) is 5.67. The molecule has 0 spiro atoms. The van der Waals surface area contributed by atoms with E-state index < -0.39 is 12.2 Å². The predicted octanol–water partition coefficient (Wildman–Crippen LogP) is 1.91. The number of carbonyl (C=O) groups is 2. The Kier molecular flexibility index (Phi) is 6.95. The summed E-state index contributed by atoms with van der Waals surface area (Å²) in [5.41, 5.74) is 2.16. The van der Waals surface area contributed by atoms with Gasteiger partial charge >= 0.3 is 12.2 Å². The van der Waals surface area contributed by atoms with Crippen molar-refractivity contribution in [2.75, 3.05) is 14.1 Å². The molecule has 0 fully saturated rings. The SMILES string of the molecule is CNC(=O)O.CNC(=O)Oc1cc(C)cc(C)c1. The monoisotopic (exact) mass is 254 g/mol. The number of rotatable bonds is 1. The minimum Gasteiger partial charge on any atom is -0.465 e. The Morgan fingerprint density at radius 2 is 1.50 bits per heavy atom. The van der Waals surface area contributed by atoms with Gasteiger partial charge in [0.25, 0.3) is 0 Å². The first-order valence-electron chi connectivity index (χ1n) is 5.27. The van der Waals surface area contributed by atoms with Crippen molar-refractivity contribution in [3.8, 4) is 5.75 Å². The van der Waals surface area contributed by atoms with E-state index in [1.165, 1.54) is 14.1 Å². The van der Waals surface area contributed by atoms with E-state index in [1.807, 2.05) is 37.4 Å². The Morgan fingerprint density at radius 3 is 1.83 bits per heavy atom. The van der Waals surface area contributed by atoms with Gasteiger partial charge in [-0.3, -0.25) is 0 Å². The Bertz CT molecular complexity index is 398. The van der Waals surface area contributed by atoms with Crippen LogP contribution < -0.4 is 15.4 Å². The fraction of sp³-hybridized carbons (Fsp3) is 0.333. The van der Waals surface area contributed by atoms with Gasteiger partial charge in [0.2, 0.25) is 0 Å². The summed E-state index contributed by atoms with van der Waals surface area (Å²) in [5, 5.41) is 11.9. The summed E-state index contributed by atoms with van der Waals surface area (Å²) in [4.78, 5) is 20.1. The third-order valence-corrected chi connectivity index (χ3v) is 1.82. The van der Waals surface area contributed by atoms with Crippen LogP contribution >= 0.6 is 0 Å². The highest BCUT2D eigenvalue weighted by molar-refractivity contribution is 5.70. The average Bonchev–Trinajstić information content (AvgIpc) is 2.28. The minimum absolute atomic E-state index is 0.440. The number of amides is 2. The van der Waals surface area contributed by atoms with Gasteiger partial charge < -0.3 is 20.5 Å². The Hall–Kier alpha value is -2.24. The maximum absolute atomic E-state index is 10.9. The van der Waals surface area contributed by atoms with Crippen molar-refractivity contribution in [3.05, 3.63) is 29.3 Å². The lowest BCUT2D eigenvalue weighted by Gasteiger charge is -2.05. The van der Waals surface area contributed by atoms with Crippen LogP contribution in [0.5, 0.6) is 5.75 Å². The summed E-state index contributed by atoms with van der Waals surface area (Å²) in [6.45, 7) is 3.92. The van der Waals surface area contributed by atoms with Crippen LogP contribution in [-0.4, -0.2) is 31.4 Å². The summed E-state index contributed by atoms with van der Waals surface area (Å²) in [6.07, 6.45) is -1.44. The van der Waals surface area contributed by atoms with E-state index in [0.717, 1.165) is 11.1 Å². The number of hydrogen-bond donors (Lipinski definition) is 3. The van der Waals surface area contributed by atoms with Crippen LogP contribution in [-0.2, 0) is 0 Å². The number of carboxylic acid groups (broad SMARTS) is 1. The fourth-order valence-corrected chi connectivity index (χ4v) is 1.15. The van der Waals surface area contributed by atoms with Crippen molar-refractivity contribution in [2.45, 2.75) is 13.8 Å². The number of hydrogen-bond acceptors (Lipinski definition) is 3. The molecule has 6 heteroatoms. The van der Waals surface area contributed by atoms with E-state index in [1.54, 1.807) is 0 Å². The van der Waals surface area contributed by atoms with Gasteiger partial charge in [-0.1, -0.05) is 6.07 Å². The normalized spacial score (nSPS) is 8.67. The zero-order valence-electron chi connectivity index (χ0n) is 10.9. The molecule has 0 bridgehead atoms. The molecule has 1 rings (SSSR count). The molecular formula is C12H18N2O4. The van der Waals surface area contributed by atoms with Crippen molar-refractivity contribution in [3.63, 3.8) is 0 Å². The zero-order valence-corrected chi connectivity index (χ0v) is 10.9. The lowest BCUT2D eigenvalue weighted by molar-refractivity contribution is 0.197. The second kappa shape index (κ2) is 7.94. The molecule has 3 N–H and O–H groups in total. The molecule has 6 nitrogen and oxygen atoms in total. The Labute approximate surface area is 106 Å². The van der Waals surface area contributed by atoms with Crippen molar-refractivity contribution in [1.82, 2.24) is 10.6 Å². The second-order valence-electron chi connectivity index (χ2n) is 3.52. The van der Waals surface area contributed by atoms with E-state index in [2.05, 4.69) is 5.32 Å². The summed E-state index contributed by atoms with van der Waals surface area (Å²) >= 11 is 0. The van der Waals surface area contributed by atoms with Crippen LogP contribution in [0.25, 0.3) is 0 Å². The number of aryl methyl sites for hydroxylation is 2. The summed E-state index contributed by atoms with van der Waals surface area (Å²) in [7, 11) is 2.88. The first kappa shape index (κ1) is 15.8. The molecule has 0 radical (unpaired) electrons. The second-order valence-corrected chi connectivity index (χ2v) is 3.52. The largest absolute Gasteiger partial charge is 0.465 e. The average molecular weight is 254 g/mol. The zero-order chi connectivity index (χ0) is 14.1. The maximum Gasteiger partial charge on any atom is 0.412 e. The molecule has 2 amide bonds.